The summed E-state index contributed by atoms with van der Waals surface area (Å²) in [6.45, 7) is 6.30. The van der Waals surface area contributed by atoms with Crippen molar-refractivity contribution in [2.24, 2.45) is 5.92 Å². The van der Waals surface area contributed by atoms with Gasteiger partial charge in [-0.3, -0.25) is 14.5 Å². The molecule has 6 heteroatoms. The van der Waals surface area contributed by atoms with E-state index in [1.54, 1.807) is 11.0 Å². The minimum atomic E-state index is -0.770. The van der Waals surface area contributed by atoms with Crippen LogP contribution in [0.25, 0.3) is 0 Å². The van der Waals surface area contributed by atoms with Crippen LogP contribution in [0, 0.1) is 11.7 Å². The molecule has 2 amide bonds. The highest BCUT2D eigenvalue weighted by Crippen LogP contribution is 2.43. The SMILES string of the molecule is CCC(C)NC(=O)C1COC2(CCC(C)CC2)N1C(=O)c1cccc(F)c1. The van der Waals surface area contributed by atoms with Crippen LogP contribution in [0.4, 0.5) is 4.39 Å². The third kappa shape index (κ3) is 4.00. The second-order valence-electron chi connectivity index (χ2n) is 7.96. The van der Waals surface area contributed by atoms with Gasteiger partial charge in [-0.25, -0.2) is 4.39 Å². The van der Waals surface area contributed by atoms with E-state index in [9.17, 15) is 14.0 Å². The molecule has 2 fully saturated rings. The van der Waals surface area contributed by atoms with Crippen LogP contribution in [0.2, 0.25) is 0 Å². The maximum absolute atomic E-state index is 13.7. The molecule has 0 bridgehead atoms. The van der Waals surface area contributed by atoms with Crippen LogP contribution in [-0.4, -0.2) is 41.1 Å². The number of hydrogen-bond acceptors (Lipinski definition) is 3. The summed E-state index contributed by atoms with van der Waals surface area (Å²) in [5.41, 5.74) is -0.521. The molecule has 1 spiro atoms. The Balaban J connectivity index is 1.92. The van der Waals surface area contributed by atoms with Crippen molar-refractivity contribution in [2.45, 2.75) is 70.7 Å². The molecule has 2 aliphatic rings. The van der Waals surface area contributed by atoms with Gasteiger partial charge < -0.3 is 10.1 Å². The molecule has 1 aromatic rings. The monoisotopic (exact) mass is 376 g/mol. The molecular weight excluding hydrogens is 347 g/mol. The fourth-order valence-corrected chi connectivity index (χ4v) is 3.98. The normalized spacial score (nSPS) is 29.0. The molecule has 1 aliphatic carbocycles. The van der Waals surface area contributed by atoms with Gasteiger partial charge in [0.15, 0.2) is 0 Å². The summed E-state index contributed by atoms with van der Waals surface area (Å²) in [5, 5.41) is 2.96. The summed E-state index contributed by atoms with van der Waals surface area (Å²) in [4.78, 5) is 27.8. The Morgan fingerprint density at radius 3 is 2.70 bits per heavy atom. The lowest BCUT2D eigenvalue weighted by Crippen LogP contribution is -2.57. The highest BCUT2D eigenvalue weighted by Gasteiger charge is 2.53. The Labute approximate surface area is 160 Å². The first-order chi connectivity index (χ1) is 12.9. The third-order valence-corrected chi connectivity index (χ3v) is 5.91. The van der Waals surface area contributed by atoms with Gasteiger partial charge >= 0.3 is 0 Å². The van der Waals surface area contributed by atoms with Gasteiger partial charge in [-0.15, -0.1) is 0 Å². The van der Waals surface area contributed by atoms with Crippen molar-refractivity contribution < 1.29 is 18.7 Å². The fourth-order valence-electron chi connectivity index (χ4n) is 3.98. The quantitative estimate of drug-likeness (QED) is 0.875. The third-order valence-electron chi connectivity index (χ3n) is 5.91. The number of carbonyl (C=O) groups excluding carboxylic acids is 2. The van der Waals surface area contributed by atoms with E-state index in [2.05, 4.69) is 12.2 Å². The van der Waals surface area contributed by atoms with E-state index in [-0.39, 0.29) is 30.0 Å². The van der Waals surface area contributed by atoms with Gasteiger partial charge in [0.1, 0.15) is 17.6 Å². The molecule has 1 aromatic carbocycles. The minimum absolute atomic E-state index is 0.0200. The average molecular weight is 376 g/mol. The molecule has 1 aliphatic heterocycles. The maximum atomic E-state index is 13.7. The first-order valence-electron chi connectivity index (χ1n) is 9.90. The number of nitrogens with zero attached hydrogens (tertiary/aromatic N) is 1. The van der Waals surface area contributed by atoms with Crippen LogP contribution in [-0.2, 0) is 9.53 Å². The van der Waals surface area contributed by atoms with Crippen LogP contribution >= 0.6 is 0 Å². The lowest BCUT2D eigenvalue weighted by Gasteiger charge is -2.43. The molecular formula is C21H29FN2O3. The molecule has 0 aromatic heterocycles. The highest BCUT2D eigenvalue weighted by molar-refractivity contribution is 5.98. The standard InChI is InChI=1S/C21H29FN2O3/c1-4-15(3)23-19(25)18-13-27-21(10-8-14(2)9-11-21)24(18)20(26)16-6-5-7-17(22)12-16/h5-7,12,14-15,18H,4,8-11,13H2,1-3H3,(H,23,25). The maximum Gasteiger partial charge on any atom is 0.256 e. The second-order valence-corrected chi connectivity index (χ2v) is 7.96. The largest absolute Gasteiger partial charge is 0.353 e. The Morgan fingerprint density at radius 1 is 1.37 bits per heavy atom. The number of nitrogens with one attached hydrogen (secondary N) is 1. The van der Waals surface area contributed by atoms with E-state index in [0.29, 0.717) is 18.8 Å². The molecule has 148 valence electrons. The van der Waals surface area contributed by atoms with Gasteiger partial charge in [0.05, 0.1) is 6.61 Å². The van der Waals surface area contributed by atoms with E-state index < -0.39 is 17.6 Å². The number of amides is 2. The summed E-state index contributed by atoms with van der Waals surface area (Å²) < 4.78 is 19.8. The van der Waals surface area contributed by atoms with Crippen molar-refractivity contribution in [3.63, 3.8) is 0 Å². The topological polar surface area (TPSA) is 58.6 Å². The molecule has 1 heterocycles. The number of carbonyl (C=O) groups is 2. The van der Waals surface area contributed by atoms with E-state index in [4.69, 9.17) is 4.74 Å². The molecule has 0 radical (unpaired) electrons. The number of halogens is 1. The Hall–Kier alpha value is -1.95. The van der Waals surface area contributed by atoms with Gasteiger partial charge in [-0.2, -0.15) is 0 Å². The molecule has 1 N–H and O–H groups in total. The van der Waals surface area contributed by atoms with Crippen LogP contribution in [0.3, 0.4) is 0 Å². The molecule has 1 saturated carbocycles. The van der Waals surface area contributed by atoms with E-state index in [1.807, 2.05) is 13.8 Å². The lowest BCUT2D eigenvalue weighted by atomic mass is 9.83. The zero-order valence-electron chi connectivity index (χ0n) is 16.3. The van der Waals surface area contributed by atoms with Crippen LogP contribution < -0.4 is 5.32 Å². The van der Waals surface area contributed by atoms with Crippen LogP contribution in [0.1, 0.15) is 63.2 Å². The molecule has 2 atom stereocenters. The number of rotatable bonds is 4. The summed E-state index contributed by atoms with van der Waals surface area (Å²) >= 11 is 0. The van der Waals surface area contributed by atoms with Crippen molar-refractivity contribution in [1.82, 2.24) is 10.2 Å². The fraction of sp³-hybridized carbons (Fsp3) is 0.619. The van der Waals surface area contributed by atoms with E-state index in [1.165, 1.54) is 18.2 Å². The Kier molecular flexibility index (Phi) is 5.84. The second kappa shape index (κ2) is 7.97. The molecule has 5 nitrogen and oxygen atoms in total. The first kappa shape index (κ1) is 19.8. The van der Waals surface area contributed by atoms with Crippen LogP contribution in [0.5, 0.6) is 0 Å². The zero-order chi connectivity index (χ0) is 19.6. The Bertz CT molecular complexity index is 700. The molecule has 1 saturated heterocycles. The minimum Gasteiger partial charge on any atom is -0.353 e. The molecule has 2 unspecified atom stereocenters. The van der Waals surface area contributed by atoms with Crippen molar-refractivity contribution in [3.8, 4) is 0 Å². The Morgan fingerprint density at radius 2 is 2.07 bits per heavy atom. The van der Waals surface area contributed by atoms with Crippen molar-refractivity contribution >= 4 is 11.8 Å². The number of benzene rings is 1. The van der Waals surface area contributed by atoms with Gasteiger partial charge in [0, 0.05) is 11.6 Å². The summed E-state index contributed by atoms with van der Waals surface area (Å²) in [6, 6.07) is 4.97. The van der Waals surface area contributed by atoms with Gasteiger partial charge in [-0.05, 0) is 63.1 Å². The smallest absolute Gasteiger partial charge is 0.256 e. The van der Waals surface area contributed by atoms with Crippen LogP contribution in [0.15, 0.2) is 24.3 Å². The predicted octanol–water partition coefficient (Wildman–Crippen LogP) is 3.49. The van der Waals surface area contributed by atoms with E-state index >= 15 is 0 Å². The van der Waals surface area contributed by atoms with Gasteiger partial charge in [-0.1, -0.05) is 19.9 Å². The predicted molar refractivity (Wildman–Crippen MR) is 101 cm³/mol. The average Bonchev–Trinajstić information content (AvgIpc) is 3.02. The summed E-state index contributed by atoms with van der Waals surface area (Å²) in [5.74, 6) is -0.443. The number of ether oxygens (including phenoxy) is 1. The van der Waals surface area contributed by atoms with E-state index in [0.717, 1.165) is 19.3 Å². The number of hydrogen-bond donors (Lipinski definition) is 1. The lowest BCUT2D eigenvalue weighted by molar-refractivity contribution is -0.128. The van der Waals surface area contributed by atoms with Crippen molar-refractivity contribution in [2.75, 3.05) is 6.61 Å². The molecule has 27 heavy (non-hydrogen) atoms. The van der Waals surface area contributed by atoms with Crippen molar-refractivity contribution in [3.05, 3.63) is 35.6 Å². The van der Waals surface area contributed by atoms with Gasteiger partial charge in [0.25, 0.3) is 5.91 Å². The van der Waals surface area contributed by atoms with Gasteiger partial charge in [0.2, 0.25) is 5.91 Å². The van der Waals surface area contributed by atoms with Crippen molar-refractivity contribution in [1.29, 1.82) is 0 Å². The summed E-state index contributed by atoms with van der Waals surface area (Å²) in [7, 11) is 0. The zero-order valence-corrected chi connectivity index (χ0v) is 16.3. The molecule has 3 rings (SSSR count). The first-order valence-corrected chi connectivity index (χ1v) is 9.90. The summed E-state index contributed by atoms with van der Waals surface area (Å²) in [6.07, 6.45) is 4.07. The highest BCUT2D eigenvalue weighted by atomic mass is 19.1.